The predicted octanol–water partition coefficient (Wildman–Crippen LogP) is 2.91. The van der Waals surface area contributed by atoms with Gasteiger partial charge in [-0.3, -0.25) is 10.4 Å². The minimum absolute atomic E-state index is 0.353. The third kappa shape index (κ3) is 3.14. The average molecular weight is 276 g/mol. The second kappa shape index (κ2) is 5.32. The molecule has 20 heavy (non-hydrogen) atoms. The summed E-state index contributed by atoms with van der Waals surface area (Å²) in [4.78, 5) is 11.9. The van der Waals surface area contributed by atoms with E-state index in [2.05, 4.69) is 20.8 Å². The fourth-order valence-corrected chi connectivity index (χ4v) is 1.95. The Labute approximate surface area is 116 Å². The zero-order chi connectivity index (χ0) is 14.8. The van der Waals surface area contributed by atoms with Crippen molar-refractivity contribution >= 4 is 11.8 Å². The van der Waals surface area contributed by atoms with Crippen LogP contribution in [0.5, 0.6) is 0 Å². The van der Waals surface area contributed by atoms with Crippen LogP contribution < -0.4 is 10.6 Å². The molecule has 0 aliphatic rings. The van der Waals surface area contributed by atoms with Crippen LogP contribution in [0.1, 0.15) is 25.1 Å². The number of amides is 2. The Morgan fingerprint density at radius 1 is 1.35 bits per heavy atom. The van der Waals surface area contributed by atoms with E-state index < -0.39 is 11.6 Å². The molecule has 1 heterocycles. The van der Waals surface area contributed by atoms with Gasteiger partial charge in [-0.15, -0.1) is 0 Å². The lowest BCUT2D eigenvalue weighted by Crippen LogP contribution is -2.43. The molecule has 0 saturated heterocycles. The van der Waals surface area contributed by atoms with Crippen molar-refractivity contribution < 1.29 is 9.18 Å². The van der Waals surface area contributed by atoms with Gasteiger partial charge in [0.15, 0.2) is 5.82 Å². The van der Waals surface area contributed by atoms with Gasteiger partial charge in [0.05, 0.1) is 5.54 Å². The second-order valence-corrected chi connectivity index (χ2v) is 5.12. The lowest BCUT2D eigenvalue weighted by atomic mass is 9.94. The summed E-state index contributed by atoms with van der Waals surface area (Å²) in [5.41, 5.74) is 0.433. The van der Waals surface area contributed by atoms with Crippen LogP contribution in [0, 0.1) is 12.7 Å². The zero-order valence-electron chi connectivity index (χ0n) is 11.6. The van der Waals surface area contributed by atoms with Crippen molar-refractivity contribution in [3.8, 4) is 0 Å². The number of aromatic amines is 1. The van der Waals surface area contributed by atoms with E-state index in [1.807, 2.05) is 6.92 Å². The van der Waals surface area contributed by atoms with Crippen LogP contribution in [0.15, 0.2) is 30.3 Å². The fraction of sp³-hybridized carbons (Fsp3) is 0.286. The van der Waals surface area contributed by atoms with Crippen molar-refractivity contribution in [3.63, 3.8) is 0 Å². The molecule has 6 heteroatoms. The standard InChI is InChI=1S/C14H17FN4O/c1-9-8-12(19-18-9)16-13(20)17-14(2,3)10-6-4-5-7-11(10)15/h4-8H,1-3H3,(H3,16,17,18,19,20). The maximum atomic E-state index is 13.8. The quantitative estimate of drug-likeness (QED) is 0.806. The highest BCUT2D eigenvalue weighted by Gasteiger charge is 2.25. The molecule has 0 saturated carbocycles. The van der Waals surface area contributed by atoms with Crippen molar-refractivity contribution in [2.75, 3.05) is 5.32 Å². The minimum Gasteiger partial charge on any atom is -0.329 e. The number of anilines is 1. The minimum atomic E-state index is -0.833. The van der Waals surface area contributed by atoms with Crippen LogP contribution in [-0.4, -0.2) is 16.2 Å². The normalized spacial score (nSPS) is 11.2. The molecule has 3 N–H and O–H groups in total. The van der Waals surface area contributed by atoms with E-state index >= 15 is 0 Å². The Hall–Kier alpha value is -2.37. The van der Waals surface area contributed by atoms with E-state index in [4.69, 9.17) is 0 Å². The van der Waals surface area contributed by atoms with Crippen molar-refractivity contribution in [1.29, 1.82) is 0 Å². The Kier molecular flexibility index (Phi) is 3.74. The molecule has 0 bridgehead atoms. The highest BCUT2D eigenvalue weighted by molar-refractivity contribution is 5.88. The van der Waals surface area contributed by atoms with Crippen molar-refractivity contribution in [2.45, 2.75) is 26.3 Å². The molecule has 0 fully saturated rings. The molecule has 5 nitrogen and oxygen atoms in total. The molecule has 1 aromatic heterocycles. The Bertz CT molecular complexity index is 621. The number of aryl methyl sites for hydroxylation is 1. The summed E-state index contributed by atoms with van der Waals surface area (Å²) in [6, 6.07) is 7.63. The summed E-state index contributed by atoms with van der Waals surface area (Å²) < 4.78 is 13.8. The number of hydrogen-bond donors (Lipinski definition) is 3. The topological polar surface area (TPSA) is 69.8 Å². The lowest BCUT2D eigenvalue weighted by molar-refractivity contribution is 0.241. The van der Waals surface area contributed by atoms with Crippen LogP contribution in [0.4, 0.5) is 15.0 Å². The van der Waals surface area contributed by atoms with Crippen LogP contribution in [0.3, 0.4) is 0 Å². The van der Waals surface area contributed by atoms with Gasteiger partial charge in [-0.1, -0.05) is 18.2 Å². The molecule has 0 aliphatic heterocycles. The van der Waals surface area contributed by atoms with Gasteiger partial charge in [0.1, 0.15) is 5.82 Å². The first kappa shape index (κ1) is 14.0. The number of urea groups is 1. The van der Waals surface area contributed by atoms with Crippen LogP contribution in [-0.2, 0) is 5.54 Å². The number of H-pyrrole nitrogens is 1. The fourth-order valence-electron chi connectivity index (χ4n) is 1.95. The van der Waals surface area contributed by atoms with Crippen LogP contribution >= 0.6 is 0 Å². The van der Waals surface area contributed by atoms with Gasteiger partial charge in [-0.25, -0.2) is 9.18 Å². The lowest BCUT2D eigenvalue weighted by Gasteiger charge is -2.27. The first-order valence-corrected chi connectivity index (χ1v) is 6.25. The summed E-state index contributed by atoms with van der Waals surface area (Å²) in [5.74, 6) is 0.0674. The molecule has 1 aromatic carbocycles. The predicted molar refractivity (Wildman–Crippen MR) is 74.9 cm³/mol. The largest absolute Gasteiger partial charge is 0.329 e. The summed E-state index contributed by atoms with van der Waals surface area (Å²) >= 11 is 0. The van der Waals surface area contributed by atoms with E-state index in [9.17, 15) is 9.18 Å². The Morgan fingerprint density at radius 2 is 2.05 bits per heavy atom. The molecule has 0 unspecified atom stereocenters. The number of hydrogen-bond acceptors (Lipinski definition) is 2. The molecule has 106 valence electrons. The summed E-state index contributed by atoms with van der Waals surface area (Å²) in [6.07, 6.45) is 0. The van der Waals surface area contributed by atoms with E-state index in [0.29, 0.717) is 11.4 Å². The summed E-state index contributed by atoms with van der Waals surface area (Å²) in [5, 5.41) is 12.0. The average Bonchev–Trinajstić information content (AvgIpc) is 2.74. The third-order valence-electron chi connectivity index (χ3n) is 2.92. The van der Waals surface area contributed by atoms with Gasteiger partial charge in [-0.2, -0.15) is 5.10 Å². The van der Waals surface area contributed by atoms with Gasteiger partial charge in [-0.05, 0) is 26.8 Å². The number of benzene rings is 1. The van der Waals surface area contributed by atoms with Crippen LogP contribution in [0.2, 0.25) is 0 Å². The smallest absolute Gasteiger partial charge is 0.321 e. The van der Waals surface area contributed by atoms with Gasteiger partial charge >= 0.3 is 6.03 Å². The van der Waals surface area contributed by atoms with E-state index in [1.54, 1.807) is 38.1 Å². The number of aromatic nitrogens is 2. The summed E-state index contributed by atoms with van der Waals surface area (Å²) in [7, 11) is 0. The molecule has 2 aromatic rings. The van der Waals surface area contributed by atoms with Crippen LogP contribution in [0.25, 0.3) is 0 Å². The molecule has 2 rings (SSSR count). The van der Waals surface area contributed by atoms with Crippen molar-refractivity contribution in [3.05, 3.63) is 47.4 Å². The van der Waals surface area contributed by atoms with Gasteiger partial charge in [0, 0.05) is 17.3 Å². The molecule has 0 aliphatic carbocycles. The molecular formula is C14H17FN4O. The molecule has 0 spiro atoms. The Balaban J connectivity index is 2.08. The highest BCUT2D eigenvalue weighted by atomic mass is 19.1. The molecular weight excluding hydrogens is 259 g/mol. The zero-order valence-corrected chi connectivity index (χ0v) is 11.6. The number of rotatable bonds is 3. The maximum Gasteiger partial charge on any atom is 0.321 e. The molecule has 0 radical (unpaired) electrons. The molecule has 2 amide bonds. The SMILES string of the molecule is Cc1cc(NC(=O)NC(C)(C)c2ccccc2F)n[nH]1. The second-order valence-electron chi connectivity index (χ2n) is 5.12. The summed E-state index contributed by atoms with van der Waals surface area (Å²) in [6.45, 7) is 5.31. The highest BCUT2D eigenvalue weighted by Crippen LogP contribution is 2.22. The maximum absolute atomic E-state index is 13.8. The number of carbonyl (C=O) groups is 1. The van der Waals surface area contributed by atoms with Gasteiger partial charge in [0.2, 0.25) is 0 Å². The monoisotopic (exact) mass is 276 g/mol. The third-order valence-corrected chi connectivity index (χ3v) is 2.92. The van der Waals surface area contributed by atoms with Gasteiger partial charge < -0.3 is 5.32 Å². The number of nitrogens with one attached hydrogen (secondary N) is 3. The van der Waals surface area contributed by atoms with E-state index in [1.165, 1.54) is 6.07 Å². The molecule has 0 atom stereocenters. The van der Waals surface area contributed by atoms with E-state index in [0.717, 1.165) is 5.69 Å². The number of halogens is 1. The first-order valence-electron chi connectivity index (χ1n) is 6.25. The van der Waals surface area contributed by atoms with Crippen molar-refractivity contribution in [2.24, 2.45) is 0 Å². The van der Waals surface area contributed by atoms with Gasteiger partial charge in [0.25, 0.3) is 0 Å². The number of carbonyl (C=O) groups excluding carboxylic acids is 1. The van der Waals surface area contributed by atoms with E-state index in [-0.39, 0.29) is 5.82 Å². The Morgan fingerprint density at radius 3 is 2.65 bits per heavy atom. The van der Waals surface area contributed by atoms with Crippen molar-refractivity contribution in [1.82, 2.24) is 15.5 Å². The first-order chi connectivity index (χ1) is 9.38. The number of nitrogens with zero attached hydrogens (tertiary/aromatic N) is 1.